The van der Waals surface area contributed by atoms with Gasteiger partial charge in [0.1, 0.15) is 5.75 Å². The molecule has 4 heteroatoms. The van der Waals surface area contributed by atoms with Crippen molar-refractivity contribution in [1.29, 1.82) is 0 Å². The van der Waals surface area contributed by atoms with Crippen molar-refractivity contribution in [2.24, 2.45) is 0 Å². The third-order valence-electron chi connectivity index (χ3n) is 2.95. The fraction of sp³-hybridized carbons (Fsp3) is 0.200. The number of rotatable bonds is 3. The molecular weight excluding hydrogens is 483 g/mol. The van der Waals surface area contributed by atoms with Crippen molar-refractivity contribution in [3.05, 3.63) is 61.1 Å². The summed E-state index contributed by atoms with van der Waals surface area (Å²) >= 11 is 9.66. The number of halogens is 3. The largest absolute Gasteiger partial charge is 0.496 e. The predicted octanol–water partition coefficient (Wildman–Crippen LogP) is 5.86. The van der Waals surface area contributed by atoms with E-state index in [1.807, 2.05) is 0 Å². The second-order valence-electron chi connectivity index (χ2n) is 4.26. The average molecular weight is 496 g/mol. The van der Waals surface area contributed by atoms with Crippen LogP contribution in [0.15, 0.2) is 40.9 Å². The van der Waals surface area contributed by atoms with E-state index in [0.29, 0.717) is 0 Å². The zero-order chi connectivity index (χ0) is 14.0. The summed E-state index contributed by atoms with van der Waals surface area (Å²) in [6.07, 6.45) is 0. The summed E-state index contributed by atoms with van der Waals surface area (Å²) in [5.41, 5.74) is 3.51. The van der Waals surface area contributed by atoms with Gasteiger partial charge in [-0.1, -0.05) is 44.0 Å². The van der Waals surface area contributed by atoms with E-state index in [-0.39, 0.29) is 4.83 Å². The summed E-state index contributed by atoms with van der Waals surface area (Å²) < 4.78 is 7.83. The van der Waals surface area contributed by atoms with Crippen molar-refractivity contribution in [3.63, 3.8) is 0 Å². The van der Waals surface area contributed by atoms with E-state index >= 15 is 0 Å². The van der Waals surface area contributed by atoms with E-state index < -0.39 is 0 Å². The molecule has 2 aromatic rings. The zero-order valence-corrected chi connectivity index (χ0v) is 15.9. The van der Waals surface area contributed by atoms with E-state index in [4.69, 9.17) is 4.74 Å². The van der Waals surface area contributed by atoms with Crippen LogP contribution in [0.2, 0.25) is 0 Å². The number of ether oxygens (including phenoxy) is 1. The van der Waals surface area contributed by atoms with Crippen LogP contribution in [0.1, 0.15) is 21.5 Å². The van der Waals surface area contributed by atoms with Gasteiger partial charge in [-0.3, -0.25) is 0 Å². The average Bonchev–Trinajstić information content (AvgIpc) is 2.41. The maximum absolute atomic E-state index is 5.50. The Hall–Kier alpha value is -0.0700. The minimum Gasteiger partial charge on any atom is -0.496 e. The molecule has 0 saturated heterocycles. The fourth-order valence-electron chi connectivity index (χ4n) is 1.86. The molecule has 0 radical (unpaired) electrons. The minimum absolute atomic E-state index is 0.122. The molecule has 19 heavy (non-hydrogen) atoms. The molecule has 0 aliphatic carbocycles. The maximum Gasteiger partial charge on any atom is 0.123 e. The third kappa shape index (κ3) is 3.52. The van der Waals surface area contributed by atoms with Gasteiger partial charge < -0.3 is 4.74 Å². The Morgan fingerprint density at radius 3 is 2.37 bits per heavy atom. The number of alkyl halides is 1. The Morgan fingerprint density at radius 1 is 1.16 bits per heavy atom. The quantitative estimate of drug-likeness (QED) is 0.383. The van der Waals surface area contributed by atoms with E-state index in [2.05, 4.69) is 97.8 Å². The molecule has 0 aromatic heterocycles. The number of hydrogen-bond donors (Lipinski definition) is 0. The van der Waals surface area contributed by atoms with Crippen LogP contribution < -0.4 is 4.74 Å². The predicted molar refractivity (Wildman–Crippen MR) is 95.4 cm³/mol. The molecule has 0 saturated carbocycles. The molecule has 0 spiro atoms. The van der Waals surface area contributed by atoms with Gasteiger partial charge >= 0.3 is 0 Å². The molecule has 2 aromatic carbocycles. The van der Waals surface area contributed by atoms with Crippen LogP contribution in [0.3, 0.4) is 0 Å². The van der Waals surface area contributed by atoms with Crippen LogP contribution in [0, 0.1) is 10.5 Å². The molecular formula is C15H13Br2IO. The van der Waals surface area contributed by atoms with Crippen molar-refractivity contribution in [2.75, 3.05) is 7.11 Å². The minimum atomic E-state index is 0.122. The Bertz CT molecular complexity index is 581. The highest BCUT2D eigenvalue weighted by Crippen LogP contribution is 2.39. The van der Waals surface area contributed by atoms with Crippen molar-refractivity contribution in [2.45, 2.75) is 11.8 Å². The lowest BCUT2D eigenvalue weighted by Gasteiger charge is -2.16. The summed E-state index contributed by atoms with van der Waals surface area (Å²) in [5.74, 6) is 0.904. The first-order valence-corrected chi connectivity index (χ1v) is 8.55. The van der Waals surface area contributed by atoms with Crippen LogP contribution in [-0.2, 0) is 0 Å². The summed E-state index contributed by atoms with van der Waals surface area (Å²) in [6, 6.07) is 12.7. The monoisotopic (exact) mass is 494 g/mol. The van der Waals surface area contributed by atoms with Gasteiger partial charge in [0.05, 0.1) is 11.9 Å². The molecule has 1 atom stereocenters. The Balaban J connectivity index is 2.45. The van der Waals surface area contributed by atoms with Crippen LogP contribution in [-0.4, -0.2) is 7.11 Å². The van der Waals surface area contributed by atoms with Crippen LogP contribution >= 0.6 is 54.5 Å². The second-order valence-corrected chi connectivity index (χ2v) is 7.27. The summed E-state index contributed by atoms with van der Waals surface area (Å²) in [6.45, 7) is 2.06. The summed E-state index contributed by atoms with van der Waals surface area (Å²) in [5, 5.41) is 0. The highest BCUT2D eigenvalue weighted by Gasteiger charge is 2.16. The molecule has 1 nitrogen and oxygen atoms in total. The number of hydrogen-bond acceptors (Lipinski definition) is 1. The third-order valence-corrected chi connectivity index (χ3v) is 5.54. The second kappa shape index (κ2) is 6.59. The van der Waals surface area contributed by atoms with Gasteiger partial charge in [-0.15, -0.1) is 0 Å². The molecule has 0 bridgehead atoms. The molecule has 1 unspecified atom stereocenters. The zero-order valence-electron chi connectivity index (χ0n) is 10.6. The van der Waals surface area contributed by atoms with E-state index in [1.165, 1.54) is 14.7 Å². The summed E-state index contributed by atoms with van der Waals surface area (Å²) in [4.78, 5) is 0.122. The molecule has 0 heterocycles. The van der Waals surface area contributed by atoms with Gasteiger partial charge in [-0.2, -0.15) is 0 Å². The Kier molecular flexibility index (Phi) is 5.31. The van der Waals surface area contributed by atoms with E-state index in [0.717, 1.165) is 15.8 Å². The van der Waals surface area contributed by atoms with Gasteiger partial charge in [0.15, 0.2) is 0 Å². The smallest absolute Gasteiger partial charge is 0.123 e. The number of aryl methyl sites for hydroxylation is 1. The van der Waals surface area contributed by atoms with Gasteiger partial charge in [-0.25, -0.2) is 0 Å². The van der Waals surface area contributed by atoms with Gasteiger partial charge in [0, 0.05) is 13.6 Å². The van der Waals surface area contributed by atoms with Crippen molar-refractivity contribution >= 4 is 54.5 Å². The Morgan fingerprint density at radius 2 is 1.79 bits per heavy atom. The van der Waals surface area contributed by atoms with Crippen molar-refractivity contribution in [1.82, 2.24) is 0 Å². The molecule has 0 aliphatic heterocycles. The lowest BCUT2D eigenvalue weighted by molar-refractivity contribution is 0.410. The first kappa shape index (κ1) is 15.3. The van der Waals surface area contributed by atoms with Gasteiger partial charge in [0.25, 0.3) is 0 Å². The highest BCUT2D eigenvalue weighted by atomic mass is 127. The summed E-state index contributed by atoms with van der Waals surface area (Å²) in [7, 11) is 1.71. The maximum atomic E-state index is 5.50. The van der Waals surface area contributed by atoms with Gasteiger partial charge in [0.2, 0.25) is 0 Å². The van der Waals surface area contributed by atoms with Crippen molar-refractivity contribution < 1.29 is 4.74 Å². The lowest BCUT2D eigenvalue weighted by Crippen LogP contribution is -1.98. The lowest BCUT2D eigenvalue weighted by atomic mass is 10.0. The molecule has 0 aliphatic rings. The molecule has 0 N–H and O–H groups in total. The SMILES string of the molecule is COc1cc(C)c(Br)cc1C(Br)c1ccc(I)cc1. The number of benzene rings is 2. The van der Waals surface area contributed by atoms with E-state index in [1.54, 1.807) is 7.11 Å². The molecule has 0 amide bonds. The standard InChI is InChI=1S/C15H13Br2IO/c1-9-7-14(19-2)12(8-13(9)16)15(17)10-3-5-11(18)6-4-10/h3-8,15H,1-2H3. The van der Waals surface area contributed by atoms with E-state index in [9.17, 15) is 0 Å². The first-order chi connectivity index (χ1) is 9.02. The normalized spacial score (nSPS) is 12.3. The van der Waals surface area contributed by atoms with Crippen LogP contribution in [0.25, 0.3) is 0 Å². The first-order valence-electron chi connectivity index (χ1n) is 5.76. The topological polar surface area (TPSA) is 9.23 Å². The van der Waals surface area contributed by atoms with Gasteiger partial charge in [-0.05, 0) is 64.9 Å². The number of methoxy groups -OCH3 is 1. The molecule has 2 rings (SSSR count). The molecule has 0 fully saturated rings. The molecule has 100 valence electrons. The van der Waals surface area contributed by atoms with Crippen molar-refractivity contribution in [3.8, 4) is 5.75 Å². The Labute approximate surface area is 144 Å². The van der Waals surface area contributed by atoms with Crippen LogP contribution in [0.4, 0.5) is 0 Å². The highest BCUT2D eigenvalue weighted by molar-refractivity contribution is 14.1. The fourth-order valence-corrected chi connectivity index (χ4v) is 3.24. The van der Waals surface area contributed by atoms with Crippen LogP contribution in [0.5, 0.6) is 5.75 Å².